The number of furan rings is 1. The number of aryl methyl sites for hydroxylation is 1. The van der Waals surface area contributed by atoms with E-state index in [0.717, 1.165) is 0 Å². The molecule has 0 fully saturated rings. The van der Waals surface area contributed by atoms with Crippen LogP contribution < -0.4 is 11.2 Å². The van der Waals surface area contributed by atoms with E-state index in [1.165, 1.54) is 16.8 Å². The molecule has 18 heavy (non-hydrogen) atoms. The number of nitrogens with one attached hydrogen (secondary N) is 1. The molecule has 0 amide bonds. The van der Waals surface area contributed by atoms with E-state index in [1.54, 1.807) is 6.07 Å². The SMILES string of the molecule is CCc1cn(Cc2ccc(C=O)o2)c(=O)[nH]c1=O. The molecule has 2 heterocycles. The fourth-order valence-corrected chi connectivity index (χ4v) is 1.63. The molecule has 0 unspecified atom stereocenters. The molecule has 2 aromatic rings. The van der Waals surface area contributed by atoms with Gasteiger partial charge in [0.05, 0.1) is 6.54 Å². The molecule has 0 bridgehead atoms. The molecule has 0 radical (unpaired) electrons. The van der Waals surface area contributed by atoms with Crippen molar-refractivity contribution in [3.8, 4) is 0 Å². The number of nitrogens with zero attached hydrogens (tertiary/aromatic N) is 1. The van der Waals surface area contributed by atoms with Crippen molar-refractivity contribution >= 4 is 6.29 Å². The van der Waals surface area contributed by atoms with Crippen molar-refractivity contribution in [2.75, 3.05) is 0 Å². The van der Waals surface area contributed by atoms with Crippen LogP contribution in [0.2, 0.25) is 0 Å². The Kier molecular flexibility index (Phi) is 3.27. The van der Waals surface area contributed by atoms with Crippen LogP contribution in [0.4, 0.5) is 0 Å². The standard InChI is InChI=1S/C12H12N2O4/c1-2-8-5-14(12(17)13-11(8)16)6-9-3-4-10(7-15)18-9/h3-5,7H,2,6H2,1H3,(H,13,16,17). The van der Waals surface area contributed by atoms with Gasteiger partial charge in [-0.2, -0.15) is 0 Å². The number of carbonyl (C=O) groups is 1. The third kappa shape index (κ3) is 2.32. The van der Waals surface area contributed by atoms with Gasteiger partial charge in [0.1, 0.15) is 5.76 Å². The molecule has 2 aromatic heterocycles. The number of aromatic nitrogens is 2. The van der Waals surface area contributed by atoms with Crippen LogP contribution in [-0.2, 0) is 13.0 Å². The van der Waals surface area contributed by atoms with Crippen molar-refractivity contribution in [1.82, 2.24) is 9.55 Å². The molecule has 2 rings (SSSR count). The Balaban J connectivity index is 2.36. The number of aromatic amines is 1. The zero-order valence-electron chi connectivity index (χ0n) is 9.80. The van der Waals surface area contributed by atoms with Gasteiger partial charge in [0.15, 0.2) is 12.0 Å². The van der Waals surface area contributed by atoms with E-state index in [9.17, 15) is 14.4 Å². The molecular weight excluding hydrogens is 236 g/mol. The first-order chi connectivity index (χ1) is 8.63. The average Bonchev–Trinajstić information content (AvgIpc) is 2.80. The minimum absolute atomic E-state index is 0.177. The van der Waals surface area contributed by atoms with Crippen LogP contribution in [0.25, 0.3) is 0 Å². The lowest BCUT2D eigenvalue weighted by atomic mass is 10.2. The number of hydrogen-bond donors (Lipinski definition) is 1. The van der Waals surface area contributed by atoms with Crippen LogP contribution in [0.15, 0.2) is 32.3 Å². The lowest BCUT2D eigenvalue weighted by Crippen LogP contribution is -2.31. The maximum atomic E-state index is 11.6. The summed E-state index contributed by atoms with van der Waals surface area (Å²) in [6, 6.07) is 3.15. The second-order valence-corrected chi connectivity index (χ2v) is 3.82. The first-order valence-corrected chi connectivity index (χ1v) is 5.50. The molecule has 0 spiro atoms. The monoisotopic (exact) mass is 248 g/mol. The van der Waals surface area contributed by atoms with E-state index < -0.39 is 5.69 Å². The molecule has 1 N–H and O–H groups in total. The van der Waals surface area contributed by atoms with Crippen molar-refractivity contribution < 1.29 is 9.21 Å². The van der Waals surface area contributed by atoms with Gasteiger partial charge in [0.2, 0.25) is 0 Å². The quantitative estimate of drug-likeness (QED) is 0.801. The highest BCUT2D eigenvalue weighted by molar-refractivity contribution is 5.70. The van der Waals surface area contributed by atoms with Crippen LogP contribution in [0.5, 0.6) is 0 Å². The van der Waals surface area contributed by atoms with Crippen LogP contribution in [0.1, 0.15) is 28.8 Å². The molecule has 0 saturated carbocycles. The third-order valence-electron chi connectivity index (χ3n) is 2.59. The Hall–Kier alpha value is -2.37. The summed E-state index contributed by atoms with van der Waals surface area (Å²) in [5.41, 5.74) is -0.343. The second kappa shape index (κ2) is 4.87. The minimum atomic E-state index is -0.499. The lowest BCUT2D eigenvalue weighted by molar-refractivity contribution is 0.109. The summed E-state index contributed by atoms with van der Waals surface area (Å²) in [7, 11) is 0. The van der Waals surface area contributed by atoms with E-state index in [2.05, 4.69) is 4.98 Å². The normalized spacial score (nSPS) is 10.5. The van der Waals surface area contributed by atoms with E-state index in [-0.39, 0.29) is 17.9 Å². The zero-order valence-corrected chi connectivity index (χ0v) is 9.80. The van der Waals surface area contributed by atoms with Crippen LogP contribution >= 0.6 is 0 Å². The predicted octanol–water partition coefficient (Wildman–Crippen LogP) is 0.553. The molecule has 0 aliphatic rings. The van der Waals surface area contributed by atoms with Gasteiger partial charge >= 0.3 is 5.69 Å². The summed E-state index contributed by atoms with van der Waals surface area (Å²) in [6.07, 6.45) is 2.63. The summed E-state index contributed by atoms with van der Waals surface area (Å²) in [4.78, 5) is 35.7. The molecule has 0 aliphatic heterocycles. The summed E-state index contributed by atoms with van der Waals surface area (Å²) in [5.74, 6) is 0.687. The zero-order chi connectivity index (χ0) is 13.1. The van der Waals surface area contributed by atoms with Gasteiger partial charge in [-0.15, -0.1) is 0 Å². The topological polar surface area (TPSA) is 85.1 Å². The summed E-state index contributed by atoms with van der Waals surface area (Å²) < 4.78 is 6.52. The molecule has 0 aliphatic carbocycles. The van der Waals surface area contributed by atoms with Gasteiger partial charge in [0.25, 0.3) is 5.56 Å². The van der Waals surface area contributed by atoms with Gasteiger partial charge in [-0.3, -0.25) is 19.1 Å². The highest BCUT2D eigenvalue weighted by Gasteiger charge is 2.06. The van der Waals surface area contributed by atoms with Crippen molar-refractivity contribution in [2.24, 2.45) is 0 Å². The smallest absolute Gasteiger partial charge is 0.328 e. The predicted molar refractivity (Wildman–Crippen MR) is 63.9 cm³/mol. The first kappa shape index (κ1) is 12.1. The highest BCUT2D eigenvalue weighted by Crippen LogP contribution is 2.06. The van der Waals surface area contributed by atoms with Gasteiger partial charge in [-0.1, -0.05) is 6.92 Å². The number of aldehydes is 1. The largest absolute Gasteiger partial charge is 0.456 e. The van der Waals surface area contributed by atoms with Crippen molar-refractivity contribution in [3.05, 3.63) is 56.3 Å². The van der Waals surface area contributed by atoms with E-state index in [4.69, 9.17) is 4.42 Å². The van der Waals surface area contributed by atoms with Crippen LogP contribution in [-0.4, -0.2) is 15.8 Å². The number of carbonyl (C=O) groups excluding carboxylic acids is 1. The average molecular weight is 248 g/mol. The third-order valence-corrected chi connectivity index (χ3v) is 2.59. The maximum Gasteiger partial charge on any atom is 0.328 e. The Bertz CT molecular complexity index is 678. The summed E-state index contributed by atoms with van der Waals surface area (Å²) in [5, 5.41) is 0. The Morgan fingerprint density at radius 1 is 1.39 bits per heavy atom. The van der Waals surface area contributed by atoms with Gasteiger partial charge in [-0.25, -0.2) is 4.79 Å². The molecule has 94 valence electrons. The maximum absolute atomic E-state index is 11.6. The minimum Gasteiger partial charge on any atom is -0.456 e. The van der Waals surface area contributed by atoms with E-state index in [0.29, 0.717) is 24.0 Å². The molecule has 0 saturated heterocycles. The van der Waals surface area contributed by atoms with Crippen LogP contribution in [0, 0.1) is 0 Å². The number of H-pyrrole nitrogens is 1. The van der Waals surface area contributed by atoms with Gasteiger partial charge in [-0.05, 0) is 18.6 Å². The lowest BCUT2D eigenvalue weighted by Gasteiger charge is -2.04. The summed E-state index contributed by atoms with van der Waals surface area (Å²) in [6.45, 7) is 2.01. The number of rotatable bonds is 4. The fraction of sp³-hybridized carbons (Fsp3) is 0.250. The molecular formula is C12H12N2O4. The Labute approximate surface area is 102 Å². The molecule has 6 heteroatoms. The van der Waals surface area contributed by atoms with E-state index in [1.807, 2.05) is 6.92 Å². The Morgan fingerprint density at radius 2 is 2.17 bits per heavy atom. The van der Waals surface area contributed by atoms with Gasteiger partial charge in [0, 0.05) is 11.8 Å². The van der Waals surface area contributed by atoms with Crippen molar-refractivity contribution in [3.63, 3.8) is 0 Å². The first-order valence-electron chi connectivity index (χ1n) is 5.50. The highest BCUT2D eigenvalue weighted by atomic mass is 16.3. The van der Waals surface area contributed by atoms with Crippen LogP contribution in [0.3, 0.4) is 0 Å². The van der Waals surface area contributed by atoms with Crippen molar-refractivity contribution in [1.29, 1.82) is 0 Å². The number of hydrogen-bond acceptors (Lipinski definition) is 4. The molecule has 0 atom stereocenters. The van der Waals surface area contributed by atoms with E-state index >= 15 is 0 Å². The molecule has 6 nitrogen and oxygen atoms in total. The summed E-state index contributed by atoms with van der Waals surface area (Å²) >= 11 is 0. The van der Waals surface area contributed by atoms with Gasteiger partial charge < -0.3 is 4.42 Å². The van der Waals surface area contributed by atoms with Crippen molar-refractivity contribution in [2.45, 2.75) is 19.9 Å². The Morgan fingerprint density at radius 3 is 2.78 bits per heavy atom. The molecule has 0 aromatic carbocycles. The fourth-order valence-electron chi connectivity index (χ4n) is 1.63. The second-order valence-electron chi connectivity index (χ2n) is 3.82.